The van der Waals surface area contributed by atoms with E-state index in [9.17, 15) is 14.2 Å². The molecule has 3 N–H and O–H groups in total. The number of nitrogens with two attached hydrogens (primary N) is 1. The molecule has 0 saturated carbocycles. The molecule has 3 heterocycles. The number of thioether (sulfide) groups is 1. The summed E-state index contributed by atoms with van der Waals surface area (Å²) in [5.41, 5.74) is 6.33. The molecule has 37 heavy (non-hydrogen) atoms. The van der Waals surface area contributed by atoms with Gasteiger partial charge >= 0.3 is 14.3 Å². The zero-order valence-electron chi connectivity index (χ0n) is 21.4. The Hall–Kier alpha value is -2.38. The Balaban J connectivity index is 1.34. The molecule has 15 heteroatoms. The van der Waals surface area contributed by atoms with Crippen molar-refractivity contribution in [3.63, 3.8) is 0 Å². The van der Waals surface area contributed by atoms with E-state index < -0.39 is 19.8 Å². The molecule has 1 amide bonds. The fraction of sp³-hybridized carbons (Fsp3) is 0.682. The number of carbonyl (C=O) groups excluding carboxylic acids is 2. The van der Waals surface area contributed by atoms with Gasteiger partial charge in [0.2, 0.25) is 0 Å². The highest BCUT2D eigenvalue weighted by atomic mass is 32.2. The van der Waals surface area contributed by atoms with Crippen LogP contribution in [0.2, 0.25) is 0 Å². The van der Waals surface area contributed by atoms with Crippen LogP contribution in [0, 0.1) is 11.3 Å². The van der Waals surface area contributed by atoms with E-state index in [2.05, 4.69) is 20.3 Å². The number of aromatic nitrogens is 4. The van der Waals surface area contributed by atoms with Crippen molar-refractivity contribution in [3.05, 3.63) is 12.7 Å². The molecule has 1 saturated heterocycles. The van der Waals surface area contributed by atoms with Gasteiger partial charge in [0.15, 0.2) is 16.6 Å². The summed E-state index contributed by atoms with van der Waals surface area (Å²) >= 11 is 1.09. The largest absolute Gasteiger partial charge is 0.697 e. The number of fused-ring (bicyclic) bond motifs is 1. The topological polar surface area (TPSA) is 170 Å². The minimum absolute atomic E-state index is 0.0451. The summed E-state index contributed by atoms with van der Waals surface area (Å²) in [7, 11) is -2.35. The lowest BCUT2D eigenvalue weighted by atomic mass is 9.91. The van der Waals surface area contributed by atoms with Crippen LogP contribution in [0.15, 0.2) is 12.7 Å². The Kier molecular flexibility index (Phi) is 10.6. The highest BCUT2D eigenvalue weighted by Crippen LogP contribution is 2.37. The minimum atomic E-state index is -2.35. The summed E-state index contributed by atoms with van der Waals surface area (Å²) in [6.07, 6.45) is 3.07. The first kappa shape index (κ1) is 29.2. The highest BCUT2D eigenvalue weighted by Gasteiger charge is 2.37. The van der Waals surface area contributed by atoms with Crippen LogP contribution in [-0.4, -0.2) is 68.9 Å². The van der Waals surface area contributed by atoms with E-state index in [4.69, 9.17) is 24.3 Å². The van der Waals surface area contributed by atoms with Crippen molar-refractivity contribution >= 4 is 48.2 Å². The maximum atomic E-state index is 12.5. The Bertz CT molecular complexity index is 1100. The third kappa shape index (κ3) is 8.05. The molecular weight excluding hydrogens is 523 g/mol. The van der Waals surface area contributed by atoms with Gasteiger partial charge in [0, 0.05) is 28.2 Å². The number of carbonyl (C=O) groups is 2. The van der Waals surface area contributed by atoms with E-state index in [-0.39, 0.29) is 43.2 Å². The summed E-state index contributed by atoms with van der Waals surface area (Å²) in [6.45, 7) is 8.20. The number of anilines is 1. The normalized spacial score (nSPS) is 20.2. The molecule has 0 bridgehead atoms. The van der Waals surface area contributed by atoms with Gasteiger partial charge in [-0.2, -0.15) is 0 Å². The van der Waals surface area contributed by atoms with Gasteiger partial charge in [-0.3, -0.25) is 9.36 Å². The second-order valence-corrected chi connectivity index (χ2v) is 11.2. The molecule has 0 aliphatic carbocycles. The van der Waals surface area contributed by atoms with E-state index in [0.717, 1.165) is 11.8 Å². The number of ether oxygens (including phenoxy) is 2. The zero-order valence-corrected chi connectivity index (χ0v) is 23.1. The van der Waals surface area contributed by atoms with E-state index in [1.54, 1.807) is 13.3 Å². The maximum absolute atomic E-state index is 12.5. The molecule has 2 aromatic rings. The van der Waals surface area contributed by atoms with E-state index >= 15 is 0 Å². The summed E-state index contributed by atoms with van der Waals surface area (Å²) in [4.78, 5) is 36.3. The number of imidazole rings is 1. The smallest absolute Gasteiger partial charge is 0.450 e. The molecule has 13 nitrogen and oxygen atoms in total. The third-order valence-electron chi connectivity index (χ3n) is 5.84. The van der Waals surface area contributed by atoms with Gasteiger partial charge in [0.1, 0.15) is 31.3 Å². The molecular formula is C22H34N6O7PS+. The van der Waals surface area contributed by atoms with Crippen molar-refractivity contribution in [1.82, 2.24) is 24.8 Å². The molecule has 204 valence electrons. The fourth-order valence-electron chi connectivity index (χ4n) is 3.81. The third-order valence-corrected chi connectivity index (χ3v) is 7.78. The number of hydrogen-bond acceptors (Lipinski definition) is 12. The second-order valence-electron chi connectivity index (χ2n) is 9.21. The van der Waals surface area contributed by atoms with Gasteiger partial charge in [-0.1, -0.05) is 32.5 Å². The highest BCUT2D eigenvalue weighted by molar-refractivity contribution is 8.13. The monoisotopic (exact) mass is 557 g/mol. The van der Waals surface area contributed by atoms with Crippen molar-refractivity contribution in [3.8, 4) is 0 Å². The molecule has 1 unspecified atom stereocenters. The number of hydrogen-bond donors (Lipinski definition) is 2. The Morgan fingerprint density at radius 3 is 2.86 bits per heavy atom. The minimum Gasteiger partial charge on any atom is -0.450 e. The van der Waals surface area contributed by atoms with Crippen molar-refractivity contribution < 1.29 is 32.7 Å². The number of rotatable bonds is 13. The molecule has 2 aromatic heterocycles. The number of alkyl carbamates (subject to hydrolysis) is 1. The molecule has 1 aliphatic rings. The lowest BCUT2D eigenvalue weighted by Gasteiger charge is -2.22. The van der Waals surface area contributed by atoms with Crippen LogP contribution in [0.25, 0.3) is 11.2 Å². The van der Waals surface area contributed by atoms with E-state index in [0.29, 0.717) is 42.1 Å². The maximum Gasteiger partial charge on any atom is 0.697 e. The van der Waals surface area contributed by atoms with Gasteiger partial charge in [0.25, 0.3) is 0 Å². The first-order valence-corrected chi connectivity index (χ1v) is 14.1. The Morgan fingerprint density at radius 2 is 2.11 bits per heavy atom. The van der Waals surface area contributed by atoms with Crippen LogP contribution in [-0.2, 0) is 27.9 Å². The molecule has 3 rings (SSSR count). The lowest BCUT2D eigenvalue weighted by molar-refractivity contribution is -0.118. The number of nitrogen functional groups attached to an aromatic ring is 1. The second kappa shape index (κ2) is 13.4. The van der Waals surface area contributed by atoms with Crippen molar-refractivity contribution in [2.24, 2.45) is 11.3 Å². The number of amides is 1. The number of nitrogens with one attached hydrogen (secondary N) is 1. The van der Waals surface area contributed by atoms with Gasteiger partial charge in [-0.25, -0.2) is 19.7 Å². The van der Waals surface area contributed by atoms with Crippen LogP contribution >= 0.6 is 20.0 Å². The fourth-order valence-corrected chi connectivity index (χ4v) is 5.38. The molecule has 1 fully saturated rings. The molecule has 0 radical (unpaired) electrons. The zero-order chi connectivity index (χ0) is 27.0. The van der Waals surface area contributed by atoms with Crippen LogP contribution in [0.3, 0.4) is 0 Å². The van der Waals surface area contributed by atoms with Gasteiger partial charge < -0.3 is 20.5 Å². The first-order chi connectivity index (χ1) is 17.6. The molecule has 0 spiro atoms. The predicted octanol–water partition coefficient (Wildman–Crippen LogP) is 3.44. The summed E-state index contributed by atoms with van der Waals surface area (Å²) < 4.78 is 35.5. The number of nitrogens with zero attached hydrogens (tertiary/aromatic N) is 4. The Morgan fingerprint density at radius 1 is 1.32 bits per heavy atom. The van der Waals surface area contributed by atoms with Gasteiger partial charge in [-0.15, -0.1) is 9.05 Å². The molecule has 1 aliphatic heterocycles. The Labute approximate surface area is 220 Å². The SMILES string of the molecule is CCOC(=O)NCCC(C)(C)C(=O)SCCO[P+](=O)OC[C@@H]1C[C@H](C)[C@H](n2cnc3c(N)ncnc32)O1. The van der Waals surface area contributed by atoms with Gasteiger partial charge in [-0.05, 0) is 19.8 Å². The average molecular weight is 558 g/mol. The summed E-state index contributed by atoms with van der Waals surface area (Å²) in [5, 5.41) is 2.56. The van der Waals surface area contributed by atoms with Gasteiger partial charge in [0.05, 0.1) is 19.0 Å². The average Bonchev–Trinajstić information content (AvgIpc) is 3.44. The molecule has 0 aromatic carbocycles. The summed E-state index contributed by atoms with van der Waals surface area (Å²) in [6, 6.07) is 0. The standard InChI is InChI=1S/C22H33N6O7PS/c1-5-32-21(30)24-7-6-22(3,4)20(29)37-9-8-33-36(31)34-11-15-10-14(2)19(35-15)28-13-27-16-17(23)25-12-26-18(16)28/h12-15,19H,5-11H2,1-4H3,(H2-,23,24,25,26,30)/p+1/t14-,15-,19+/m0/s1. The van der Waals surface area contributed by atoms with E-state index in [1.165, 1.54) is 6.33 Å². The van der Waals surface area contributed by atoms with Crippen molar-refractivity contribution in [2.45, 2.75) is 52.9 Å². The van der Waals surface area contributed by atoms with Crippen molar-refractivity contribution in [2.75, 3.05) is 37.9 Å². The predicted molar refractivity (Wildman–Crippen MR) is 138 cm³/mol. The van der Waals surface area contributed by atoms with Crippen LogP contribution in [0.5, 0.6) is 0 Å². The summed E-state index contributed by atoms with van der Waals surface area (Å²) in [5.74, 6) is 0.771. The van der Waals surface area contributed by atoms with Crippen molar-refractivity contribution in [1.29, 1.82) is 0 Å². The lowest BCUT2D eigenvalue weighted by Crippen LogP contribution is -2.31. The van der Waals surface area contributed by atoms with E-state index in [1.807, 2.05) is 25.3 Å². The van der Waals surface area contributed by atoms with Crippen LogP contribution < -0.4 is 11.1 Å². The molecule has 4 atom stereocenters. The quantitative estimate of drug-likeness (QED) is 0.272. The van der Waals surface area contributed by atoms with Crippen LogP contribution in [0.1, 0.15) is 46.8 Å². The first-order valence-electron chi connectivity index (χ1n) is 12.0. The van der Waals surface area contributed by atoms with Crippen LogP contribution in [0.4, 0.5) is 10.6 Å².